The first-order valence-corrected chi connectivity index (χ1v) is 12.8. The lowest BCUT2D eigenvalue weighted by atomic mass is 9.53. The molecule has 0 amide bonds. The first-order chi connectivity index (χ1) is 16.2. The third-order valence-corrected chi connectivity index (χ3v) is 9.47. The summed E-state index contributed by atoms with van der Waals surface area (Å²) in [6.45, 7) is 2.49. The van der Waals surface area contributed by atoms with E-state index in [0.29, 0.717) is 0 Å². The topological polar surface area (TPSA) is 15.8 Å². The summed E-state index contributed by atoms with van der Waals surface area (Å²) in [4.78, 5) is 3.77. The summed E-state index contributed by atoms with van der Waals surface area (Å²) < 4.78 is 0. The SMILES string of the molecule is CC1CC2CCC3(c4ccccc4-c4cc5[nH]c6cc7ccccc7cc6c5cc43)C(C1)C2. The van der Waals surface area contributed by atoms with Crippen molar-refractivity contribution in [2.75, 3.05) is 0 Å². The number of rotatable bonds is 0. The van der Waals surface area contributed by atoms with Gasteiger partial charge in [-0.2, -0.15) is 0 Å². The highest BCUT2D eigenvalue weighted by molar-refractivity contribution is 6.13. The van der Waals surface area contributed by atoms with Crippen molar-refractivity contribution in [2.45, 2.75) is 44.4 Å². The number of hydrogen-bond donors (Lipinski definition) is 1. The van der Waals surface area contributed by atoms with Gasteiger partial charge < -0.3 is 4.98 Å². The fraction of sp³-hybridized carbons (Fsp3) is 0.312. The molecule has 4 unspecified atom stereocenters. The van der Waals surface area contributed by atoms with Crippen molar-refractivity contribution >= 4 is 32.6 Å². The van der Waals surface area contributed by atoms with Gasteiger partial charge >= 0.3 is 0 Å². The summed E-state index contributed by atoms with van der Waals surface area (Å²) >= 11 is 0. The van der Waals surface area contributed by atoms with Gasteiger partial charge in [0.2, 0.25) is 0 Å². The van der Waals surface area contributed by atoms with E-state index in [4.69, 9.17) is 0 Å². The minimum absolute atomic E-state index is 0.200. The van der Waals surface area contributed by atoms with Crippen molar-refractivity contribution in [2.24, 2.45) is 17.8 Å². The van der Waals surface area contributed by atoms with Crippen molar-refractivity contribution < 1.29 is 0 Å². The molecule has 4 atom stereocenters. The lowest BCUT2D eigenvalue weighted by Crippen LogP contribution is -2.44. The predicted octanol–water partition coefficient (Wildman–Crippen LogP) is 8.59. The highest BCUT2D eigenvalue weighted by Gasteiger charge is 2.53. The summed E-state index contributed by atoms with van der Waals surface area (Å²) in [7, 11) is 0. The number of nitrogens with one attached hydrogen (secondary N) is 1. The number of benzene rings is 4. The molecular formula is C32H29N. The van der Waals surface area contributed by atoms with E-state index in [-0.39, 0.29) is 5.41 Å². The van der Waals surface area contributed by atoms with Gasteiger partial charge in [-0.25, -0.2) is 0 Å². The van der Waals surface area contributed by atoms with Gasteiger partial charge in [-0.1, -0.05) is 55.5 Å². The molecule has 1 aromatic heterocycles. The average Bonchev–Trinajstić information content (AvgIpc) is 3.31. The summed E-state index contributed by atoms with van der Waals surface area (Å²) in [6, 6.07) is 27.9. The molecule has 2 saturated carbocycles. The molecule has 2 fully saturated rings. The van der Waals surface area contributed by atoms with Crippen LogP contribution in [0, 0.1) is 17.8 Å². The average molecular weight is 428 g/mol. The first-order valence-electron chi connectivity index (χ1n) is 12.8. The molecule has 0 radical (unpaired) electrons. The van der Waals surface area contributed by atoms with Crippen LogP contribution in [0.5, 0.6) is 0 Å². The molecule has 1 heterocycles. The summed E-state index contributed by atoms with van der Waals surface area (Å²) in [5.41, 5.74) is 8.91. The molecule has 5 aromatic rings. The zero-order valence-corrected chi connectivity index (χ0v) is 19.2. The van der Waals surface area contributed by atoms with Crippen LogP contribution in [0.1, 0.15) is 50.2 Å². The van der Waals surface area contributed by atoms with E-state index in [1.165, 1.54) is 75.8 Å². The van der Waals surface area contributed by atoms with Gasteiger partial charge in [-0.05, 0) is 107 Å². The predicted molar refractivity (Wildman–Crippen MR) is 139 cm³/mol. The zero-order valence-electron chi connectivity index (χ0n) is 19.2. The molecule has 33 heavy (non-hydrogen) atoms. The van der Waals surface area contributed by atoms with Crippen LogP contribution < -0.4 is 0 Å². The molecule has 1 N–H and O–H groups in total. The van der Waals surface area contributed by atoms with Crippen molar-refractivity contribution in [1.82, 2.24) is 4.98 Å². The maximum absolute atomic E-state index is 3.77. The Morgan fingerprint density at radius 3 is 2.39 bits per heavy atom. The Labute approximate surface area is 194 Å². The fourth-order valence-corrected chi connectivity index (χ4v) is 8.21. The third-order valence-electron chi connectivity index (χ3n) is 9.47. The Hall–Kier alpha value is -3.06. The lowest BCUT2D eigenvalue weighted by molar-refractivity contribution is 0.0856. The van der Waals surface area contributed by atoms with Gasteiger partial charge in [0.05, 0.1) is 0 Å². The molecule has 1 spiro atoms. The van der Waals surface area contributed by atoms with Gasteiger partial charge in [-0.15, -0.1) is 0 Å². The van der Waals surface area contributed by atoms with E-state index in [1.807, 2.05) is 0 Å². The maximum Gasteiger partial charge on any atom is 0.0471 e. The molecule has 0 aliphatic heterocycles. The van der Waals surface area contributed by atoms with Gasteiger partial charge in [0.15, 0.2) is 0 Å². The van der Waals surface area contributed by atoms with E-state index >= 15 is 0 Å². The van der Waals surface area contributed by atoms with Crippen LogP contribution in [0.3, 0.4) is 0 Å². The van der Waals surface area contributed by atoms with Gasteiger partial charge in [0.25, 0.3) is 0 Å². The Bertz CT molecular complexity index is 1590. The monoisotopic (exact) mass is 427 g/mol. The maximum atomic E-state index is 3.77. The summed E-state index contributed by atoms with van der Waals surface area (Å²) in [5.74, 6) is 2.56. The van der Waals surface area contributed by atoms with E-state index in [2.05, 4.69) is 84.7 Å². The van der Waals surface area contributed by atoms with E-state index in [9.17, 15) is 0 Å². The quantitative estimate of drug-likeness (QED) is 0.255. The van der Waals surface area contributed by atoms with E-state index in [0.717, 1.165) is 17.8 Å². The highest BCUT2D eigenvalue weighted by atomic mass is 14.7. The number of aromatic amines is 1. The van der Waals surface area contributed by atoms with Crippen molar-refractivity contribution in [3.05, 3.63) is 83.9 Å². The first kappa shape index (κ1) is 18.4. The van der Waals surface area contributed by atoms with Crippen LogP contribution in [0.4, 0.5) is 0 Å². The van der Waals surface area contributed by atoms with E-state index < -0.39 is 0 Å². The van der Waals surface area contributed by atoms with Crippen LogP contribution in [-0.4, -0.2) is 4.98 Å². The highest BCUT2D eigenvalue weighted by Crippen LogP contribution is 2.62. The van der Waals surface area contributed by atoms with Gasteiger partial charge in [0.1, 0.15) is 0 Å². The Kier molecular flexibility index (Phi) is 3.50. The molecule has 1 nitrogen and oxygen atoms in total. The van der Waals surface area contributed by atoms with Crippen LogP contribution >= 0.6 is 0 Å². The van der Waals surface area contributed by atoms with E-state index in [1.54, 1.807) is 11.1 Å². The van der Waals surface area contributed by atoms with Gasteiger partial charge in [0, 0.05) is 27.2 Å². The minimum Gasteiger partial charge on any atom is -0.354 e. The number of hydrogen-bond acceptors (Lipinski definition) is 0. The molecule has 8 rings (SSSR count). The Morgan fingerprint density at radius 1 is 0.727 bits per heavy atom. The van der Waals surface area contributed by atoms with Crippen LogP contribution in [0.15, 0.2) is 72.8 Å². The molecular weight excluding hydrogens is 398 g/mol. The molecule has 3 aliphatic carbocycles. The molecule has 1 heteroatoms. The molecule has 4 aromatic carbocycles. The van der Waals surface area contributed by atoms with Crippen LogP contribution in [-0.2, 0) is 5.41 Å². The normalized spacial score (nSPS) is 28.0. The van der Waals surface area contributed by atoms with Gasteiger partial charge in [-0.3, -0.25) is 0 Å². The van der Waals surface area contributed by atoms with Crippen molar-refractivity contribution in [3.63, 3.8) is 0 Å². The third kappa shape index (κ3) is 2.33. The molecule has 2 bridgehead atoms. The largest absolute Gasteiger partial charge is 0.354 e. The molecule has 0 saturated heterocycles. The molecule has 3 aliphatic rings. The standard InChI is InChI=1S/C32H29N/c1-19-12-20-10-11-32(23(13-19)14-20)28-9-5-4-8-24(28)25-18-31-27(17-29(25)32)26-15-21-6-2-3-7-22(21)16-30(26)33-31/h2-9,15-20,23,33H,10-14H2,1H3. The minimum atomic E-state index is 0.200. The Morgan fingerprint density at radius 2 is 1.48 bits per heavy atom. The fourth-order valence-electron chi connectivity index (χ4n) is 8.21. The second-order valence-corrected chi connectivity index (χ2v) is 11.2. The lowest BCUT2D eigenvalue weighted by Gasteiger charge is -2.50. The van der Waals surface area contributed by atoms with Crippen LogP contribution in [0.25, 0.3) is 43.7 Å². The number of aromatic nitrogens is 1. The summed E-state index contributed by atoms with van der Waals surface area (Å²) in [6.07, 6.45) is 6.92. The van der Waals surface area contributed by atoms with Crippen molar-refractivity contribution in [3.8, 4) is 11.1 Å². The van der Waals surface area contributed by atoms with Crippen molar-refractivity contribution in [1.29, 1.82) is 0 Å². The smallest absolute Gasteiger partial charge is 0.0471 e. The second kappa shape index (κ2) is 6.29. The summed E-state index contributed by atoms with van der Waals surface area (Å²) in [5, 5.41) is 5.39. The number of H-pyrrole nitrogens is 1. The zero-order chi connectivity index (χ0) is 21.7. The Balaban J connectivity index is 1.44. The van der Waals surface area contributed by atoms with Crippen LogP contribution in [0.2, 0.25) is 0 Å². The number of fused-ring (bicyclic) bond motifs is 12. The molecule has 162 valence electrons. The second-order valence-electron chi connectivity index (χ2n) is 11.2.